The fraction of sp³-hybridized carbons (Fsp3) is 0.833. The minimum atomic E-state index is -3.27. The third kappa shape index (κ3) is 2.81. The molecule has 1 heterocycles. The number of nitrogens with one attached hydrogen (secondary N) is 1. The smallest absolute Gasteiger partial charge is 0.244 e. The van der Waals surface area contributed by atoms with E-state index in [9.17, 15) is 8.42 Å². The topological polar surface area (TPSA) is 85.1 Å². The Labute approximate surface area is 113 Å². The molecule has 0 spiro atoms. The molecular formula is C12H19N3O3S. The van der Waals surface area contributed by atoms with Crippen molar-refractivity contribution < 1.29 is 12.9 Å². The highest BCUT2D eigenvalue weighted by Gasteiger charge is 2.47. The van der Waals surface area contributed by atoms with Gasteiger partial charge in [0.1, 0.15) is 0 Å². The van der Waals surface area contributed by atoms with Crippen LogP contribution >= 0.6 is 0 Å². The van der Waals surface area contributed by atoms with Gasteiger partial charge in [-0.15, -0.1) is 0 Å². The van der Waals surface area contributed by atoms with Crippen LogP contribution in [0.4, 0.5) is 0 Å². The van der Waals surface area contributed by atoms with Gasteiger partial charge in [-0.3, -0.25) is 0 Å². The first-order valence-electron chi connectivity index (χ1n) is 6.75. The minimum absolute atomic E-state index is 0.350. The van der Waals surface area contributed by atoms with Crippen LogP contribution in [0.3, 0.4) is 0 Å². The van der Waals surface area contributed by atoms with Crippen LogP contribution in [0.1, 0.15) is 56.3 Å². The largest absolute Gasteiger partial charge is 0.338 e. The first-order chi connectivity index (χ1) is 8.94. The second-order valence-corrected chi connectivity index (χ2v) is 7.58. The Morgan fingerprint density at radius 3 is 2.95 bits per heavy atom. The van der Waals surface area contributed by atoms with Gasteiger partial charge in [-0.2, -0.15) is 4.98 Å². The number of rotatable bonds is 4. The summed E-state index contributed by atoms with van der Waals surface area (Å²) in [5.41, 5.74) is 0. The molecule has 0 saturated heterocycles. The molecule has 2 aliphatic carbocycles. The Morgan fingerprint density at radius 2 is 2.21 bits per heavy atom. The van der Waals surface area contributed by atoms with Gasteiger partial charge in [0.25, 0.3) is 0 Å². The van der Waals surface area contributed by atoms with Crippen molar-refractivity contribution in [3.63, 3.8) is 0 Å². The van der Waals surface area contributed by atoms with E-state index in [4.69, 9.17) is 4.52 Å². The minimum Gasteiger partial charge on any atom is -0.338 e. The summed E-state index contributed by atoms with van der Waals surface area (Å²) in [4.78, 5) is 4.39. The number of sulfonamides is 1. The fourth-order valence-electron chi connectivity index (χ4n) is 3.18. The van der Waals surface area contributed by atoms with E-state index in [1.807, 2.05) is 0 Å². The molecule has 2 fully saturated rings. The zero-order valence-corrected chi connectivity index (χ0v) is 12.0. The van der Waals surface area contributed by atoms with E-state index in [1.165, 1.54) is 19.3 Å². The van der Waals surface area contributed by atoms with Gasteiger partial charge < -0.3 is 4.52 Å². The maximum absolute atomic E-state index is 11.2. The molecule has 0 radical (unpaired) electrons. The van der Waals surface area contributed by atoms with Crippen LogP contribution in [0.15, 0.2) is 4.52 Å². The van der Waals surface area contributed by atoms with Gasteiger partial charge in [0.15, 0.2) is 5.82 Å². The van der Waals surface area contributed by atoms with E-state index in [0.717, 1.165) is 30.3 Å². The summed E-state index contributed by atoms with van der Waals surface area (Å²) >= 11 is 0. The molecule has 4 unspecified atom stereocenters. The summed E-state index contributed by atoms with van der Waals surface area (Å²) in [7, 11) is -3.27. The molecule has 7 heteroatoms. The van der Waals surface area contributed by atoms with Crippen molar-refractivity contribution in [2.45, 2.75) is 44.6 Å². The average Bonchev–Trinajstić information content (AvgIpc) is 2.93. The summed E-state index contributed by atoms with van der Waals surface area (Å²) in [6, 6.07) is -0.477. The third-order valence-electron chi connectivity index (χ3n) is 4.13. The summed E-state index contributed by atoms with van der Waals surface area (Å²) in [5.74, 6) is 3.08. The van der Waals surface area contributed by atoms with E-state index in [2.05, 4.69) is 14.9 Å². The highest BCUT2D eigenvalue weighted by Crippen LogP contribution is 2.56. The Morgan fingerprint density at radius 1 is 1.42 bits per heavy atom. The molecule has 0 amide bonds. The van der Waals surface area contributed by atoms with E-state index >= 15 is 0 Å². The third-order valence-corrected chi connectivity index (χ3v) is 4.92. The molecule has 19 heavy (non-hydrogen) atoms. The maximum Gasteiger partial charge on any atom is 0.244 e. The highest BCUT2D eigenvalue weighted by atomic mass is 32.2. The van der Waals surface area contributed by atoms with Gasteiger partial charge in [-0.25, -0.2) is 13.1 Å². The summed E-state index contributed by atoms with van der Waals surface area (Å²) in [6.45, 7) is 1.71. The fourth-order valence-corrected chi connectivity index (χ4v) is 3.92. The monoisotopic (exact) mass is 285 g/mol. The van der Waals surface area contributed by atoms with E-state index < -0.39 is 16.1 Å². The molecule has 6 nitrogen and oxygen atoms in total. The average molecular weight is 285 g/mol. The second-order valence-electron chi connectivity index (χ2n) is 5.80. The van der Waals surface area contributed by atoms with Crippen molar-refractivity contribution in [1.82, 2.24) is 14.9 Å². The van der Waals surface area contributed by atoms with Crippen LogP contribution in [0.5, 0.6) is 0 Å². The molecule has 106 valence electrons. The van der Waals surface area contributed by atoms with Crippen LogP contribution in [0.25, 0.3) is 0 Å². The van der Waals surface area contributed by atoms with Crippen molar-refractivity contribution in [1.29, 1.82) is 0 Å². The standard InChI is InChI=1S/C12H19N3O3S/c1-7(15-19(2,16)17)12-13-11(14-18-12)9-5-3-4-8-6-10(8)9/h7-10,15H,3-6H2,1-2H3. The van der Waals surface area contributed by atoms with Crippen molar-refractivity contribution in [2.75, 3.05) is 6.26 Å². The lowest BCUT2D eigenvalue weighted by molar-refractivity contribution is 0.337. The molecule has 2 aliphatic rings. The van der Waals surface area contributed by atoms with Crippen molar-refractivity contribution in [3.8, 4) is 0 Å². The highest BCUT2D eigenvalue weighted by molar-refractivity contribution is 7.88. The van der Waals surface area contributed by atoms with Crippen LogP contribution in [0, 0.1) is 11.8 Å². The predicted molar refractivity (Wildman–Crippen MR) is 68.9 cm³/mol. The molecule has 4 atom stereocenters. The van der Waals surface area contributed by atoms with Crippen molar-refractivity contribution >= 4 is 10.0 Å². The molecule has 0 bridgehead atoms. The first kappa shape index (κ1) is 13.1. The Kier molecular flexibility index (Phi) is 3.13. The number of aromatic nitrogens is 2. The SMILES string of the molecule is CC(NS(C)(=O)=O)c1nc(C2CCCC3CC32)no1. The lowest BCUT2D eigenvalue weighted by Gasteiger charge is -2.17. The normalized spacial score (nSPS) is 31.8. The van der Waals surface area contributed by atoms with E-state index in [-0.39, 0.29) is 0 Å². The Bertz CT molecular complexity index is 569. The van der Waals surface area contributed by atoms with Gasteiger partial charge in [0, 0.05) is 5.92 Å². The number of nitrogens with zero attached hydrogens (tertiary/aromatic N) is 2. The molecule has 1 aromatic rings. The predicted octanol–water partition coefficient (Wildman–Crippen LogP) is 1.58. The molecule has 0 aromatic carbocycles. The maximum atomic E-state index is 11.2. The van der Waals surface area contributed by atoms with Gasteiger partial charge in [-0.05, 0) is 31.6 Å². The number of fused-ring (bicyclic) bond motifs is 1. The molecule has 2 saturated carbocycles. The summed E-state index contributed by atoms with van der Waals surface area (Å²) in [6.07, 6.45) is 6.08. The molecule has 1 aromatic heterocycles. The lowest BCUT2D eigenvalue weighted by atomic mass is 9.88. The van der Waals surface area contributed by atoms with E-state index in [0.29, 0.717) is 11.8 Å². The van der Waals surface area contributed by atoms with Crippen LogP contribution in [-0.2, 0) is 10.0 Å². The Hall–Kier alpha value is -0.950. The van der Waals surface area contributed by atoms with Gasteiger partial charge in [0.05, 0.1) is 12.3 Å². The van der Waals surface area contributed by atoms with E-state index in [1.54, 1.807) is 6.92 Å². The Balaban J connectivity index is 1.72. The second kappa shape index (κ2) is 4.56. The first-order valence-corrected chi connectivity index (χ1v) is 8.64. The zero-order chi connectivity index (χ0) is 13.6. The molecule has 0 aliphatic heterocycles. The lowest BCUT2D eigenvalue weighted by Crippen LogP contribution is -2.25. The van der Waals surface area contributed by atoms with Crippen molar-refractivity contribution in [2.24, 2.45) is 11.8 Å². The van der Waals surface area contributed by atoms with Gasteiger partial charge in [-0.1, -0.05) is 18.0 Å². The van der Waals surface area contributed by atoms with Crippen LogP contribution < -0.4 is 4.72 Å². The number of hydrogen-bond donors (Lipinski definition) is 1. The van der Waals surface area contributed by atoms with Gasteiger partial charge in [0.2, 0.25) is 15.9 Å². The molecule has 3 rings (SSSR count). The number of hydrogen-bond acceptors (Lipinski definition) is 5. The van der Waals surface area contributed by atoms with Crippen LogP contribution in [0.2, 0.25) is 0 Å². The quantitative estimate of drug-likeness (QED) is 0.908. The van der Waals surface area contributed by atoms with Gasteiger partial charge >= 0.3 is 0 Å². The molecule has 1 N–H and O–H groups in total. The summed E-state index contributed by atoms with van der Waals surface area (Å²) in [5, 5.41) is 4.05. The van der Waals surface area contributed by atoms with Crippen molar-refractivity contribution in [3.05, 3.63) is 11.7 Å². The zero-order valence-electron chi connectivity index (χ0n) is 11.2. The van der Waals surface area contributed by atoms with Crippen LogP contribution in [-0.4, -0.2) is 24.8 Å². The summed E-state index contributed by atoms with van der Waals surface area (Å²) < 4.78 is 30.0. The molecular weight excluding hydrogens is 266 g/mol.